The lowest BCUT2D eigenvalue weighted by Crippen LogP contribution is -2.46. The summed E-state index contributed by atoms with van der Waals surface area (Å²) in [5, 5.41) is 4.49. The van der Waals surface area contributed by atoms with Crippen molar-refractivity contribution >= 4 is 61.3 Å². The minimum atomic E-state index is -0.544. The number of carbonyl (C=O) groups excluding carboxylic acids is 2. The van der Waals surface area contributed by atoms with Gasteiger partial charge < -0.3 is 20.5 Å². The van der Waals surface area contributed by atoms with Gasteiger partial charge in [-0.3, -0.25) is 9.59 Å². The van der Waals surface area contributed by atoms with Gasteiger partial charge in [-0.15, -0.1) is 0 Å². The number of nitrogen functional groups attached to an aromatic ring is 1. The molecule has 1 aliphatic heterocycles. The molecule has 2 aliphatic rings. The molecule has 200 valence electrons. The number of rotatable bonds is 5. The number of piperidine rings is 1. The van der Waals surface area contributed by atoms with Gasteiger partial charge in [0.25, 0.3) is 0 Å². The Balaban J connectivity index is 1.23. The first-order valence-electron chi connectivity index (χ1n) is 13.2. The van der Waals surface area contributed by atoms with Crippen molar-refractivity contribution < 1.29 is 9.59 Å². The molecule has 3 atom stereocenters. The second-order valence-electron chi connectivity index (χ2n) is 10.6. The van der Waals surface area contributed by atoms with Gasteiger partial charge in [0.15, 0.2) is 0 Å². The summed E-state index contributed by atoms with van der Waals surface area (Å²) >= 11 is 3.34. The van der Waals surface area contributed by atoms with Crippen LogP contribution in [-0.4, -0.2) is 48.3 Å². The van der Waals surface area contributed by atoms with Gasteiger partial charge in [0, 0.05) is 11.4 Å². The standard InChI is InChI=1S/C30H26BrN7O2/c1-16-5-7-17(8-6-16)18-9-10-21-20(11-18)27-28(32)33-15-34-29(27)37(21)14-26(39)38-22-12-19(22)13-23(38)30(40)36-25-4-2-3-24(31)35-25/h2-11,15,19,22-23H,12-14H2,1H3,(H2,32,33,34)(H,35,36,40). The fourth-order valence-corrected chi connectivity index (χ4v) is 6.32. The van der Waals surface area contributed by atoms with E-state index >= 15 is 0 Å². The zero-order valence-electron chi connectivity index (χ0n) is 21.7. The Kier molecular flexibility index (Phi) is 5.81. The number of anilines is 2. The number of hydrogen-bond donors (Lipinski definition) is 2. The summed E-state index contributed by atoms with van der Waals surface area (Å²) in [6, 6.07) is 19.4. The minimum Gasteiger partial charge on any atom is -0.383 e. The highest BCUT2D eigenvalue weighted by molar-refractivity contribution is 9.10. The lowest BCUT2D eigenvalue weighted by atomic mass is 10.0. The van der Waals surface area contributed by atoms with Gasteiger partial charge in [-0.1, -0.05) is 42.0 Å². The zero-order chi connectivity index (χ0) is 27.5. The van der Waals surface area contributed by atoms with Crippen LogP contribution >= 0.6 is 15.9 Å². The maximum absolute atomic E-state index is 13.9. The third-order valence-corrected chi connectivity index (χ3v) is 8.45. The molecular formula is C30H26BrN7O2. The molecule has 9 nitrogen and oxygen atoms in total. The predicted molar refractivity (Wildman–Crippen MR) is 157 cm³/mol. The van der Waals surface area contributed by atoms with Crippen molar-refractivity contribution in [1.82, 2.24) is 24.4 Å². The smallest absolute Gasteiger partial charge is 0.248 e. The molecule has 4 heterocycles. The first-order valence-corrected chi connectivity index (χ1v) is 14.0. The summed E-state index contributed by atoms with van der Waals surface area (Å²) < 4.78 is 2.52. The summed E-state index contributed by atoms with van der Waals surface area (Å²) in [5.74, 6) is 0.827. The van der Waals surface area contributed by atoms with Crippen LogP contribution in [0.3, 0.4) is 0 Å². The summed E-state index contributed by atoms with van der Waals surface area (Å²) in [6.45, 7) is 2.11. The number of nitrogens with one attached hydrogen (secondary N) is 1. The minimum absolute atomic E-state index is 0.0441. The van der Waals surface area contributed by atoms with Crippen LogP contribution in [-0.2, 0) is 16.1 Å². The van der Waals surface area contributed by atoms with E-state index in [0.29, 0.717) is 34.2 Å². The van der Waals surface area contributed by atoms with Crippen molar-refractivity contribution in [2.24, 2.45) is 5.92 Å². The van der Waals surface area contributed by atoms with Crippen LogP contribution in [0.15, 0.2) is 71.6 Å². The van der Waals surface area contributed by atoms with E-state index in [-0.39, 0.29) is 24.4 Å². The molecule has 7 rings (SSSR count). The van der Waals surface area contributed by atoms with Crippen molar-refractivity contribution in [2.75, 3.05) is 11.1 Å². The largest absolute Gasteiger partial charge is 0.383 e. The van der Waals surface area contributed by atoms with Crippen LogP contribution in [0.4, 0.5) is 11.6 Å². The lowest BCUT2D eigenvalue weighted by Gasteiger charge is -2.27. The van der Waals surface area contributed by atoms with Gasteiger partial charge in [0.05, 0.1) is 10.9 Å². The summed E-state index contributed by atoms with van der Waals surface area (Å²) in [4.78, 5) is 42.0. The van der Waals surface area contributed by atoms with E-state index in [9.17, 15) is 9.59 Å². The molecule has 1 saturated heterocycles. The highest BCUT2D eigenvalue weighted by Crippen LogP contribution is 2.48. The molecule has 3 N–H and O–H groups in total. The number of pyridine rings is 1. The van der Waals surface area contributed by atoms with Crippen molar-refractivity contribution in [3.8, 4) is 11.1 Å². The Bertz CT molecular complexity index is 1820. The second-order valence-corrected chi connectivity index (χ2v) is 11.4. The molecule has 1 saturated carbocycles. The fraction of sp³-hybridized carbons (Fsp3) is 0.233. The molecule has 1 aliphatic carbocycles. The van der Waals surface area contributed by atoms with Crippen LogP contribution in [0.25, 0.3) is 33.1 Å². The van der Waals surface area contributed by atoms with Crippen molar-refractivity contribution in [3.63, 3.8) is 0 Å². The number of carbonyl (C=O) groups is 2. The molecule has 0 radical (unpaired) electrons. The SMILES string of the molecule is Cc1ccc(-c2ccc3c(c2)c2c(N)ncnc2n3CC(=O)N2C(C(=O)Nc3cccc(Br)n3)CC3CC32)cc1. The predicted octanol–water partition coefficient (Wildman–Crippen LogP) is 4.93. The maximum atomic E-state index is 13.9. The molecule has 2 amide bonds. The number of fused-ring (bicyclic) bond motifs is 4. The van der Waals surface area contributed by atoms with E-state index in [1.807, 2.05) is 22.8 Å². The highest BCUT2D eigenvalue weighted by Gasteiger charge is 2.56. The summed E-state index contributed by atoms with van der Waals surface area (Å²) in [7, 11) is 0. The topological polar surface area (TPSA) is 119 Å². The fourth-order valence-electron chi connectivity index (χ4n) is 5.98. The normalized spacial score (nSPS) is 19.6. The summed E-state index contributed by atoms with van der Waals surface area (Å²) in [6.07, 6.45) is 3.00. The Morgan fingerprint density at radius 2 is 1.85 bits per heavy atom. The highest BCUT2D eigenvalue weighted by atomic mass is 79.9. The molecule has 3 unspecified atom stereocenters. The second kappa shape index (κ2) is 9.41. The van der Waals surface area contributed by atoms with Crippen molar-refractivity contribution in [3.05, 3.63) is 77.2 Å². The van der Waals surface area contributed by atoms with Crippen LogP contribution in [0, 0.1) is 12.8 Å². The number of likely N-dealkylation sites (tertiary alicyclic amines) is 1. The third kappa shape index (κ3) is 4.19. The Hall–Kier alpha value is -4.31. The number of halogens is 1. The third-order valence-electron chi connectivity index (χ3n) is 8.01. The van der Waals surface area contributed by atoms with E-state index < -0.39 is 6.04 Å². The van der Waals surface area contributed by atoms with Crippen molar-refractivity contribution in [1.29, 1.82) is 0 Å². The molecule has 0 spiro atoms. The van der Waals surface area contributed by atoms with Crippen LogP contribution in [0.1, 0.15) is 18.4 Å². The molecule has 40 heavy (non-hydrogen) atoms. The summed E-state index contributed by atoms with van der Waals surface area (Å²) in [5.41, 5.74) is 11.1. The molecule has 2 aromatic carbocycles. The molecule has 0 bridgehead atoms. The average molecular weight is 596 g/mol. The lowest BCUT2D eigenvalue weighted by molar-refractivity contribution is -0.138. The first-order chi connectivity index (χ1) is 19.4. The number of aryl methyl sites for hydroxylation is 1. The van der Waals surface area contributed by atoms with Crippen LogP contribution in [0.5, 0.6) is 0 Å². The van der Waals surface area contributed by atoms with Gasteiger partial charge >= 0.3 is 0 Å². The number of nitrogens with two attached hydrogens (primary N) is 1. The van der Waals surface area contributed by atoms with Crippen molar-refractivity contribution in [2.45, 2.75) is 38.4 Å². The average Bonchev–Trinajstić information content (AvgIpc) is 3.48. The van der Waals surface area contributed by atoms with Crippen LogP contribution in [0.2, 0.25) is 0 Å². The van der Waals surface area contributed by atoms with Gasteiger partial charge in [-0.2, -0.15) is 0 Å². The Morgan fingerprint density at radius 3 is 2.65 bits per heavy atom. The molecule has 3 aromatic heterocycles. The number of hydrogen-bond acceptors (Lipinski definition) is 6. The van der Waals surface area contributed by atoms with E-state index in [2.05, 4.69) is 73.5 Å². The van der Waals surface area contributed by atoms with E-state index in [0.717, 1.165) is 33.8 Å². The molecule has 2 fully saturated rings. The number of nitrogens with zero attached hydrogens (tertiary/aromatic N) is 5. The maximum Gasteiger partial charge on any atom is 0.248 e. The molecule has 10 heteroatoms. The van der Waals surface area contributed by atoms with Gasteiger partial charge in [0.1, 0.15) is 40.8 Å². The first kappa shape index (κ1) is 24.7. The number of benzene rings is 2. The van der Waals surface area contributed by atoms with E-state index in [4.69, 9.17) is 5.73 Å². The Morgan fingerprint density at radius 1 is 1.05 bits per heavy atom. The van der Waals surface area contributed by atoms with Gasteiger partial charge in [0.2, 0.25) is 11.8 Å². The molecular weight excluding hydrogens is 570 g/mol. The van der Waals surface area contributed by atoms with E-state index in [1.54, 1.807) is 17.0 Å². The van der Waals surface area contributed by atoms with Gasteiger partial charge in [-0.05, 0) is 77.0 Å². The monoisotopic (exact) mass is 595 g/mol. The quantitative estimate of drug-likeness (QED) is 0.278. The number of aromatic nitrogens is 4. The Labute approximate surface area is 238 Å². The van der Waals surface area contributed by atoms with Gasteiger partial charge in [-0.25, -0.2) is 15.0 Å². The van der Waals surface area contributed by atoms with Crippen LogP contribution < -0.4 is 11.1 Å². The molecule has 5 aromatic rings. The zero-order valence-corrected chi connectivity index (χ0v) is 23.3. The number of amides is 2. The van der Waals surface area contributed by atoms with E-state index in [1.165, 1.54) is 11.9 Å².